The fraction of sp³-hybridized carbons (Fsp3) is 1.00. The molecule has 0 saturated heterocycles. The highest BCUT2D eigenvalue weighted by Crippen LogP contribution is 2.13. The summed E-state index contributed by atoms with van der Waals surface area (Å²) in [7, 11) is -2.10. The Labute approximate surface area is 76.5 Å². The lowest BCUT2D eigenvalue weighted by Crippen LogP contribution is -2.58. The van der Waals surface area contributed by atoms with Crippen LogP contribution in [0.2, 0.25) is 13.1 Å². The summed E-state index contributed by atoms with van der Waals surface area (Å²) >= 11 is 0. The number of hydrogen-bond donors (Lipinski definition) is 3. The van der Waals surface area contributed by atoms with Gasteiger partial charge in [-0.05, 0) is 25.9 Å². The molecule has 0 rings (SSSR count). The molecule has 0 aliphatic carbocycles. The second-order valence-corrected chi connectivity index (χ2v) is 8.26. The Kier molecular flexibility index (Phi) is 4.40. The second kappa shape index (κ2) is 4.37. The van der Waals surface area contributed by atoms with E-state index in [9.17, 15) is 4.80 Å². The van der Waals surface area contributed by atoms with Gasteiger partial charge >= 0.3 is 0 Å². The molecule has 0 aliphatic rings. The van der Waals surface area contributed by atoms with Crippen molar-refractivity contribution in [2.24, 2.45) is 11.7 Å². The SMILES string of the molecule is CC(N)NC(C(C)C)[Si](C)(C)O. The molecule has 74 valence electrons. The average Bonchev–Trinajstić information content (AvgIpc) is 1.79. The molecule has 2 unspecified atom stereocenters. The highest BCUT2D eigenvalue weighted by atomic mass is 28.4. The zero-order chi connectivity index (χ0) is 9.94. The number of nitrogens with one attached hydrogen (secondary N) is 1. The van der Waals surface area contributed by atoms with Crippen LogP contribution in [0.25, 0.3) is 0 Å². The van der Waals surface area contributed by atoms with Crippen molar-refractivity contribution in [2.45, 2.75) is 45.7 Å². The van der Waals surface area contributed by atoms with Crippen molar-refractivity contribution in [3.8, 4) is 0 Å². The van der Waals surface area contributed by atoms with E-state index in [4.69, 9.17) is 5.73 Å². The van der Waals surface area contributed by atoms with Gasteiger partial charge in [0, 0.05) is 5.67 Å². The Morgan fingerprint density at radius 1 is 1.25 bits per heavy atom. The highest BCUT2D eigenvalue weighted by Gasteiger charge is 2.32. The van der Waals surface area contributed by atoms with Gasteiger partial charge in [0.2, 0.25) is 0 Å². The van der Waals surface area contributed by atoms with Crippen LogP contribution >= 0.6 is 0 Å². The van der Waals surface area contributed by atoms with Crippen LogP contribution in [-0.2, 0) is 0 Å². The lowest BCUT2D eigenvalue weighted by molar-refractivity contribution is 0.392. The van der Waals surface area contributed by atoms with E-state index in [1.54, 1.807) is 0 Å². The van der Waals surface area contributed by atoms with E-state index in [1.165, 1.54) is 0 Å². The van der Waals surface area contributed by atoms with Crippen LogP contribution in [0.4, 0.5) is 0 Å². The number of nitrogens with two attached hydrogens (primary N) is 1. The fourth-order valence-electron chi connectivity index (χ4n) is 1.50. The summed E-state index contributed by atoms with van der Waals surface area (Å²) in [5, 5.41) is 3.21. The first kappa shape index (κ1) is 12.1. The zero-order valence-corrected chi connectivity index (χ0v) is 9.76. The summed E-state index contributed by atoms with van der Waals surface area (Å²) in [5.41, 5.74) is 5.81. The smallest absolute Gasteiger partial charge is 0.199 e. The maximum Gasteiger partial charge on any atom is 0.199 e. The van der Waals surface area contributed by atoms with Crippen molar-refractivity contribution in [1.82, 2.24) is 5.32 Å². The molecule has 0 fully saturated rings. The molecule has 0 spiro atoms. The zero-order valence-electron chi connectivity index (χ0n) is 8.76. The predicted octanol–water partition coefficient (Wildman–Crippen LogP) is 0.642. The fourth-order valence-corrected chi connectivity index (χ4v) is 3.80. The molecule has 0 bridgehead atoms. The summed E-state index contributed by atoms with van der Waals surface area (Å²) in [6.07, 6.45) is -0.0451. The van der Waals surface area contributed by atoms with Crippen molar-refractivity contribution in [2.75, 3.05) is 0 Å². The molecule has 4 N–H and O–H groups in total. The molecule has 3 nitrogen and oxygen atoms in total. The van der Waals surface area contributed by atoms with E-state index >= 15 is 0 Å². The van der Waals surface area contributed by atoms with Crippen LogP contribution in [-0.4, -0.2) is 24.9 Å². The van der Waals surface area contributed by atoms with Gasteiger partial charge in [0.1, 0.15) is 0 Å². The molecule has 2 atom stereocenters. The van der Waals surface area contributed by atoms with Crippen molar-refractivity contribution >= 4 is 8.32 Å². The van der Waals surface area contributed by atoms with E-state index in [0.29, 0.717) is 5.92 Å². The van der Waals surface area contributed by atoms with Crippen LogP contribution in [0.3, 0.4) is 0 Å². The summed E-state index contributed by atoms with van der Waals surface area (Å²) in [6, 6.07) is 0. The van der Waals surface area contributed by atoms with Crippen molar-refractivity contribution < 1.29 is 4.80 Å². The summed E-state index contributed by atoms with van der Waals surface area (Å²) in [4.78, 5) is 9.92. The molecule has 0 amide bonds. The van der Waals surface area contributed by atoms with E-state index < -0.39 is 8.32 Å². The summed E-state index contributed by atoms with van der Waals surface area (Å²) in [6.45, 7) is 9.98. The van der Waals surface area contributed by atoms with Gasteiger partial charge in [-0.2, -0.15) is 0 Å². The molecule has 0 saturated carbocycles. The van der Waals surface area contributed by atoms with Crippen LogP contribution in [0.15, 0.2) is 0 Å². The lowest BCUT2D eigenvalue weighted by Gasteiger charge is -2.32. The second-order valence-electron chi connectivity index (χ2n) is 4.33. The summed E-state index contributed by atoms with van der Waals surface area (Å²) < 4.78 is 0. The number of hydrogen-bond acceptors (Lipinski definition) is 3. The standard InChI is InChI=1S/C8H22N2OSi/c1-6(2)8(10-7(3)9)12(4,5)11/h6-8,10-11H,9H2,1-5H3. The van der Waals surface area contributed by atoms with Crippen molar-refractivity contribution in [3.05, 3.63) is 0 Å². The Morgan fingerprint density at radius 3 is 1.75 bits per heavy atom. The molecule has 0 aromatic heterocycles. The van der Waals surface area contributed by atoms with Gasteiger partial charge in [-0.3, -0.25) is 5.32 Å². The van der Waals surface area contributed by atoms with Gasteiger partial charge in [0.25, 0.3) is 0 Å². The maximum absolute atomic E-state index is 9.92. The Morgan fingerprint density at radius 2 is 1.67 bits per heavy atom. The molecule has 0 radical (unpaired) electrons. The molecule has 0 aromatic rings. The Hall–Kier alpha value is 0.0969. The molecule has 0 aliphatic heterocycles. The first-order valence-electron chi connectivity index (χ1n) is 4.49. The van der Waals surface area contributed by atoms with E-state index in [1.807, 2.05) is 20.0 Å². The van der Waals surface area contributed by atoms with E-state index in [0.717, 1.165) is 0 Å². The number of rotatable bonds is 4. The molecular weight excluding hydrogens is 168 g/mol. The maximum atomic E-state index is 9.92. The van der Waals surface area contributed by atoms with Gasteiger partial charge in [-0.15, -0.1) is 0 Å². The average molecular weight is 190 g/mol. The Bertz CT molecular complexity index is 132. The van der Waals surface area contributed by atoms with Gasteiger partial charge in [0.15, 0.2) is 8.32 Å². The van der Waals surface area contributed by atoms with Crippen molar-refractivity contribution in [1.29, 1.82) is 0 Å². The lowest BCUT2D eigenvalue weighted by atomic mass is 10.2. The minimum atomic E-state index is -2.10. The van der Waals surface area contributed by atoms with Crippen LogP contribution < -0.4 is 11.1 Å². The summed E-state index contributed by atoms with van der Waals surface area (Å²) in [5.74, 6) is 0.433. The molecular formula is C8H22N2OSi. The third-order valence-corrected chi connectivity index (χ3v) is 4.23. The molecule has 0 aromatic carbocycles. The normalized spacial score (nSPS) is 18.0. The van der Waals surface area contributed by atoms with Crippen LogP contribution in [0.1, 0.15) is 20.8 Å². The van der Waals surface area contributed by atoms with Gasteiger partial charge in [-0.1, -0.05) is 13.8 Å². The molecule has 4 heteroatoms. The first-order valence-corrected chi connectivity index (χ1v) is 7.51. The molecule has 0 heterocycles. The van der Waals surface area contributed by atoms with Gasteiger partial charge in [0.05, 0.1) is 6.17 Å². The third kappa shape index (κ3) is 4.20. The van der Waals surface area contributed by atoms with E-state index in [-0.39, 0.29) is 11.8 Å². The monoisotopic (exact) mass is 190 g/mol. The van der Waals surface area contributed by atoms with Crippen molar-refractivity contribution in [3.63, 3.8) is 0 Å². The molecule has 12 heavy (non-hydrogen) atoms. The van der Waals surface area contributed by atoms with Crippen LogP contribution in [0, 0.1) is 5.92 Å². The minimum Gasteiger partial charge on any atom is -0.431 e. The quantitative estimate of drug-likeness (QED) is 0.450. The van der Waals surface area contributed by atoms with E-state index in [2.05, 4.69) is 19.2 Å². The largest absolute Gasteiger partial charge is 0.431 e. The van der Waals surface area contributed by atoms with Crippen LogP contribution in [0.5, 0.6) is 0 Å². The first-order chi connectivity index (χ1) is 5.25. The highest BCUT2D eigenvalue weighted by molar-refractivity contribution is 6.71. The minimum absolute atomic E-state index is 0.0451. The topological polar surface area (TPSA) is 58.3 Å². The third-order valence-electron chi connectivity index (χ3n) is 1.87. The predicted molar refractivity (Wildman–Crippen MR) is 55.1 cm³/mol. The van der Waals surface area contributed by atoms with Gasteiger partial charge < -0.3 is 10.5 Å². The Balaban J connectivity index is 4.25. The van der Waals surface area contributed by atoms with Gasteiger partial charge in [-0.25, -0.2) is 0 Å².